The molecule has 0 fully saturated rings. The third-order valence-corrected chi connectivity index (χ3v) is 2.64. The molecule has 0 bridgehead atoms. The van der Waals surface area contributed by atoms with E-state index in [-0.39, 0.29) is 17.7 Å². The van der Waals surface area contributed by atoms with Gasteiger partial charge in [-0.1, -0.05) is 46.3 Å². The van der Waals surface area contributed by atoms with Gasteiger partial charge in [0.2, 0.25) is 5.91 Å². The zero-order chi connectivity index (χ0) is 12.0. The quantitative estimate of drug-likeness (QED) is 0.799. The molecule has 2 N–H and O–H groups in total. The molecule has 0 aliphatic carbocycles. The molecule has 0 heterocycles. The van der Waals surface area contributed by atoms with E-state index in [2.05, 4.69) is 21.2 Å². The third kappa shape index (κ3) is 4.02. The maximum absolute atomic E-state index is 11.5. The van der Waals surface area contributed by atoms with E-state index in [0.717, 1.165) is 5.56 Å². The molecule has 1 unspecified atom stereocenters. The van der Waals surface area contributed by atoms with Crippen molar-refractivity contribution in [2.45, 2.75) is 12.5 Å². The molecule has 0 spiro atoms. The number of nitrogens with one attached hydrogen (secondary N) is 1. The predicted molar refractivity (Wildman–Crippen MR) is 63.5 cm³/mol. The molecule has 1 aromatic carbocycles. The number of amides is 1. The number of rotatable bonds is 5. The molecular formula is C11H12BrNO3. The molecule has 0 aliphatic heterocycles. The summed E-state index contributed by atoms with van der Waals surface area (Å²) in [6.45, 7) is 0. The first-order valence-electron chi connectivity index (χ1n) is 4.75. The summed E-state index contributed by atoms with van der Waals surface area (Å²) in [5.74, 6) is -1.34. The van der Waals surface area contributed by atoms with Crippen LogP contribution in [-0.4, -0.2) is 28.4 Å². The van der Waals surface area contributed by atoms with Gasteiger partial charge in [-0.05, 0) is 5.56 Å². The van der Waals surface area contributed by atoms with Crippen molar-refractivity contribution in [3.8, 4) is 0 Å². The van der Waals surface area contributed by atoms with Gasteiger partial charge in [0.05, 0.1) is 6.42 Å². The Morgan fingerprint density at radius 1 is 1.31 bits per heavy atom. The van der Waals surface area contributed by atoms with E-state index in [0.29, 0.717) is 0 Å². The van der Waals surface area contributed by atoms with Crippen molar-refractivity contribution in [3.63, 3.8) is 0 Å². The number of halogens is 1. The lowest BCUT2D eigenvalue weighted by Gasteiger charge is -2.11. The fraction of sp³-hybridized carbons (Fsp3) is 0.273. The summed E-state index contributed by atoms with van der Waals surface area (Å²) in [7, 11) is 0. The molecule has 0 aliphatic rings. The normalized spacial score (nSPS) is 11.8. The van der Waals surface area contributed by atoms with Gasteiger partial charge in [0.1, 0.15) is 6.04 Å². The van der Waals surface area contributed by atoms with Crippen molar-refractivity contribution >= 4 is 27.8 Å². The molecule has 0 radical (unpaired) electrons. The molecular weight excluding hydrogens is 274 g/mol. The zero-order valence-electron chi connectivity index (χ0n) is 8.52. The van der Waals surface area contributed by atoms with Crippen LogP contribution in [-0.2, 0) is 16.0 Å². The van der Waals surface area contributed by atoms with E-state index in [1.54, 1.807) is 0 Å². The average molecular weight is 286 g/mol. The van der Waals surface area contributed by atoms with Crippen LogP contribution in [0, 0.1) is 0 Å². The van der Waals surface area contributed by atoms with Gasteiger partial charge < -0.3 is 10.4 Å². The van der Waals surface area contributed by atoms with Crippen LogP contribution in [0.25, 0.3) is 0 Å². The summed E-state index contributed by atoms with van der Waals surface area (Å²) in [4.78, 5) is 22.2. The van der Waals surface area contributed by atoms with Gasteiger partial charge in [0.25, 0.3) is 0 Å². The van der Waals surface area contributed by atoms with Crippen LogP contribution >= 0.6 is 15.9 Å². The molecule has 16 heavy (non-hydrogen) atoms. The Hall–Kier alpha value is -1.36. The fourth-order valence-corrected chi connectivity index (χ4v) is 1.63. The van der Waals surface area contributed by atoms with Gasteiger partial charge in [-0.15, -0.1) is 0 Å². The molecule has 0 aromatic heterocycles. The van der Waals surface area contributed by atoms with E-state index in [1.807, 2.05) is 30.3 Å². The fourth-order valence-electron chi connectivity index (χ4n) is 1.19. The van der Waals surface area contributed by atoms with Crippen LogP contribution in [0.2, 0.25) is 0 Å². The van der Waals surface area contributed by atoms with Crippen molar-refractivity contribution < 1.29 is 14.7 Å². The summed E-state index contributed by atoms with van der Waals surface area (Å²) in [6, 6.07) is 8.30. The van der Waals surface area contributed by atoms with E-state index >= 15 is 0 Å². The first-order chi connectivity index (χ1) is 7.63. The number of hydrogen-bond acceptors (Lipinski definition) is 2. The van der Waals surface area contributed by atoms with Crippen LogP contribution in [0.15, 0.2) is 30.3 Å². The van der Waals surface area contributed by atoms with Gasteiger partial charge in [-0.2, -0.15) is 0 Å². The first-order valence-corrected chi connectivity index (χ1v) is 5.87. The maximum atomic E-state index is 11.5. The Kier molecular flexibility index (Phi) is 4.98. The lowest BCUT2D eigenvalue weighted by Crippen LogP contribution is -2.42. The van der Waals surface area contributed by atoms with Crippen molar-refractivity contribution in [1.82, 2.24) is 5.32 Å². The number of aliphatic carboxylic acids is 1. The lowest BCUT2D eigenvalue weighted by molar-refractivity contribution is -0.141. The maximum Gasteiger partial charge on any atom is 0.327 e. The summed E-state index contributed by atoms with van der Waals surface area (Å²) < 4.78 is 0. The largest absolute Gasteiger partial charge is 0.480 e. The summed E-state index contributed by atoms with van der Waals surface area (Å²) in [5, 5.41) is 11.4. The Morgan fingerprint density at radius 2 is 1.94 bits per heavy atom. The van der Waals surface area contributed by atoms with Gasteiger partial charge in [-0.3, -0.25) is 4.79 Å². The highest BCUT2D eigenvalue weighted by molar-refractivity contribution is 9.09. The lowest BCUT2D eigenvalue weighted by atomic mass is 10.1. The number of carbonyl (C=O) groups excluding carboxylic acids is 1. The smallest absolute Gasteiger partial charge is 0.327 e. The third-order valence-electron chi connectivity index (χ3n) is 2.00. The number of benzene rings is 1. The van der Waals surface area contributed by atoms with Crippen molar-refractivity contribution in [1.29, 1.82) is 0 Å². The minimum absolute atomic E-state index is 0.192. The second kappa shape index (κ2) is 6.27. The highest BCUT2D eigenvalue weighted by Gasteiger charge is 2.17. The first kappa shape index (κ1) is 12.7. The minimum Gasteiger partial charge on any atom is -0.480 e. The minimum atomic E-state index is -1.04. The molecule has 5 heteroatoms. The highest BCUT2D eigenvalue weighted by atomic mass is 79.9. The van der Waals surface area contributed by atoms with Gasteiger partial charge >= 0.3 is 5.97 Å². The Labute approximate surface area is 102 Å². The number of carboxylic acid groups (broad SMARTS) is 1. The topological polar surface area (TPSA) is 66.4 Å². The Balaban J connectivity index is 2.50. The molecule has 0 saturated heterocycles. The average Bonchev–Trinajstić information content (AvgIpc) is 2.27. The van der Waals surface area contributed by atoms with Crippen LogP contribution < -0.4 is 5.32 Å². The summed E-state index contributed by atoms with van der Waals surface area (Å²) in [5.41, 5.74) is 0.860. The van der Waals surface area contributed by atoms with Crippen molar-refractivity contribution in [2.75, 3.05) is 5.33 Å². The van der Waals surface area contributed by atoms with E-state index in [4.69, 9.17) is 5.11 Å². The van der Waals surface area contributed by atoms with E-state index in [9.17, 15) is 9.59 Å². The van der Waals surface area contributed by atoms with E-state index in [1.165, 1.54) is 0 Å². The van der Waals surface area contributed by atoms with Crippen molar-refractivity contribution in [3.05, 3.63) is 35.9 Å². The summed E-state index contributed by atoms with van der Waals surface area (Å²) in [6.07, 6.45) is 0.192. The van der Waals surface area contributed by atoms with Gasteiger partial charge in [-0.25, -0.2) is 4.79 Å². The highest BCUT2D eigenvalue weighted by Crippen LogP contribution is 2.00. The molecule has 1 rings (SSSR count). The van der Waals surface area contributed by atoms with E-state index < -0.39 is 12.0 Å². The summed E-state index contributed by atoms with van der Waals surface area (Å²) >= 11 is 3.03. The zero-order valence-corrected chi connectivity index (χ0v) is 10.1. The number of hydrogen-bond donors (Lipinski definition) is 2. The number of alkyl halides is 1. The molecule has 0 saturated carbocycles. The number of carboxylic acids is 1. The molecule has 1 atom stereocenters. The van der Waals surface area contributed by atoms with Crippen LogP contribution in [0.3, 0.4) is 0 Å². The Morgan fingerprint density at radius 3 is 2.44 bits per heavy atom. The van der Waals surface area contributed by atoms with Gasteiger partial charge in [0, 0.05) is 5.33 Å². The molecule has 1 amide bonds. The van der Waals surface area contributed by atoms with Crippen molar-refractivity contribution in [2.24, 2.45) is 0 Å². The molecule has 1 aromatic rings. The SMILES string of the molecule is O=C(Cc1ccccc1)NC(CBr)C(=O)O. The monoisotopic (exact) mass is 285 g/mol. The predicted octanol–water partition coefficient (Wildman–Crippen LogP) is 1.19. The molecule has 86 valence electrons. The molecule has 4 nitrogen and oxygen atoms in total. The van der Waals surface area contributed by atoms with Crippen LogP contribution in [0.4, 0.5) is 0 Å². The standard InChI is InChI=1S/C11H12BrNO3/c12-7-9(11(15)16)13-10(14)6-8-4-2-1-3-5-8/h1-5,9H,6-7H2,(H,13,14)(H,15,16). The Bertz CT molecular complexity index is 367. The van der Waals surface area contributed by atoms with Crippen LogP contribution in [0.5, 0.6) is 0 Å². The second-order valence-electron chi connectivity index (χ2n) is 3.28. The van der Waals surface area contributed by atoms with Gasteiger partial charge in [0.15, 0.2) is 0 Å². The number of carbonyl (C=O) groups is 2. The second-order valence-corrected chi connectivity index (χ2v) is 3.92. The van der Waals surface area contributed by atoms with Crippen LogP contribution in [0.1, 0.15) is 5.56 Å².